The molecular weight excluding hydrogens is 445 g/mol. The highest BCUT2D eigenvalue weighted by atomic mass is 19.1. The lowest BCUT2D eigenvalue weighted by Crippen LogP contribution is -2.53. The number of likely N-dealkylation sites (tertiary alicyclic amines) is 1. The largest absolute Gasteiger partial charge is 0.385 e. The summed E-state index contributed by atoms with van der Waals surface area (Å²) in [5.41, 5.74) is 0.689. The molecule has 0 saturated carbocycles. The van der Waals surface area contributed by atoms with Crippen LogP contribution >= 0.6 is 0 Å². The first-order valence-electron chi connectivity index (χ1n) is 12.7. The molecule has 0 aromatic heterocycles. The van der Waals surface area contributed by atoms with Gasteiger partial charge in [0.2, 0.25) is 0 Å². The standard InChI is InChI=1S/C28H40FN3O3/c1-21(19-30-2)31-27(33)32-17-10-11-22(20-32)28(34,16-8-9-18-35-3)25-14-6-4-12-23(25)24-13-5-7-15-26(24)29/h4-7,12-15,21-22,30,34H,8-11,16-20H2,1-3H3,(H,31,33)/t21?,22-,28+/m1/s1. The predicted molar refractivity (Wildman–Crippen MR) is 138 cm³/mol. The first-order valence-corrected chi connectivity index (χ1v) is 12.7. The average molecular weight is 486 g/mol. The number of halogens is 1. The fraction of sp³-hybridized carbons (Fsp3) is 0.536. The number of rotatable bonds is 11. The van der Waals surface area contributed by atoms with E-state index in [1.54, 1.807) is 19.2 Å². The van der Waals surface area contributed by atoms with Crippen molar-refractivity contribution in [2.45, 2.75) is 50.7 Å². The number of amides is 2. The maximum Gasteiger partial charge on any atom is 0.317 e. The van der Waals surface area contributed by atoms with Gasteiger partial charge in [0.05, 0.1) is 5.60 Å². The molecule has 2 aromatic rings. The molecule has 0 bridgehead atoms. The number of methoxy groups -OCH3 is 1. The van der Waals surface area contributed by atoms with E-state index in [0.29, 0.717) is 43.8 Å². The van der Waals surface area contributed by atoms with Crippen molar-refractivity contribution < 1.29 is 19.0 Å². The molecule has 0 radical (unpaired) electrons. The molecule has 35 heavy (non-hydrogen) atoms. The van der Waals surface area contributed by atoms with Crippen molar-refractivity contribution >= 4 is 6.03 Å². The van der Waals surface area contributed by atoms with Gasteiger partial charge in [-0.1, -0.05) is 42.5 Å². The number of piperidine rings is 1. The van der Waals surface area contributed by atoms with Gasteiger partial charge < -0.3 is 25.4 Å². The van der Waals surface area contributed by atoms with Gasteiger partial charge in [0, 0.05) is 50.9 Å². The van der Waals surface area contributed by atoms with Gasteiger partial charge in [0.1, 0.15) is 5.82 Å². The molecule has 0 spiro atoms. The van der Waals surface area contributed by atoms with Crippen molar-refractivity contribution in [3.8, 4) is 11.1 Å². The Morgan fingerprint density at radius 1 is 1.20 bits per heavy atom. The second-order valence-corrected chi connectivity index (χ2v) is 9.59. The van der Waals surface area contributed by atoms with Gasteiger partial charge in [-0.25, -0.2) is 9.18 Å². The van der Waals surface area contributed by atoms with Crippen molar-refractivity contribution in [2.75, 3.05) is 40.4 Å². The highest BCUT2D eigenvalue weighted by Gasteiger charge is 2.42. The number of ether oxygens (including phenoxy) is 1. The third-order valence-electron chi connectivity index (χ3n) is 6.98. The maximum atomic E-state index is 14.8. The van der Waals surface area contributed by atoms with Crippen molar-refractivity contribution in [1.29, 1.82) is 0 Å². The highest BCUT2D eigenvalue weighted by molar-refractivity contribution is 5.74. The SMILES string of the molecule is CNCC(C)NC(=O)N1CCC[C@@H]([C@@](O)(CCCCOC)c2ccccc2-c2ccccc2F)C1. The zero-order valence-corrected chi connectivity index (χ0v) is 21.2. The summed E-state index contributed by atoms with van der Waals surface area (Å²) in [6.45, 7) is 4.37. The molecule has 3 N–H and O–H groups in total. The van der Waals surface area contributed by atoms with E-state index in [1.807, 2.05) is 49.2 Å². The number of nitrogens with zero attached hydrogens (tertiary/aromatic N) is 1. The summed E-state index contributed by atoms with van der Waals surface area (Å²) >= 11 is 0. The summed E-state index contributed by atoms with van der Waals surface area (Å²) in [5.74, 6) is -0.484. The number of nitrogens with one attached hydrogen (secondary N) is 2. The molecule has 1 unspecified atom stereocenters. The number of hydrogen-bond donors (Lipinski definition) is 3. The number of carbonyl (C=O) groups excluding carboxylic acids is 1. The molecule has 2 amide bonds. The molecule has 1 aliphatic heterocycles. The Bertz CT molecular complexity index is 957. The van der Waals surface area contributed by atoms with E-state index in [1.165, 1.54) is 6.07 Å². The quantitative estimate of drug-likeness (QED) is 0.409. The number of benzene rings is 2. The minimum Gasteiger partial charge on any atom is -0.385 e. The number of urea groups is 1. The van der Waals surface area contributed by atoms with Crippen LogP contribution in [0.15, 0.2) is 48.5 Å². The Labute approximate surface area is 208 Å². The molecule has 3 atom stereocenters. The fourth-order valence-corrected chi connectivity index (χ4v) is 5.19. The number of hydrogen-bond acceptors (Lipinski definition) is 4. The van der Waals surface area contributed by atoms with E-state index in [-0.39, 0.29) is 23.8 Å². The monoisotopic (exact) mass is 485 g/mol. The Hall–Kier alpha value is -2.48. The van der Waals surface area contributed by atoms with Gasteiger partial charge in [-0.3, -0.25) is 0 Å². The van der Waals surface area contributed by atoms with Crippen LogP contribution < -0.4 is 10.6 Å². The minimum absolute atomic E-state index is 0.00239. The molecule has 1 saturated heterocycles. The topological polar surface area (TPSA) is 73.8 Å². The van der Waals surface area contributed by atoms with E-state index >= 15 is 0 Å². The van der Waals surface area contributed by atoms with Crippen LogP contribution in [0.3, 0.4) is 0 Å². The third kappa shape index (κ3) is 6.81. The zero-order valence-electron chi connectivity index (χ0n) is 21.2. The Morgan fingerprint density at radius 3 is 2.63 bits per heavy atom. The maximum absolute atomic E-state index is 14.8. The molecule has 192 valence electrons. The first-order chi connectivity index (χ1) is 16.9. The van der Waals surface area contributed by atoms with E-state index in [0.717, 1.165) is 31.2 Å². The molecule has 7 heteroatoms. The summed E-state index contributed by atoms with van der Waals surface area (Å²) in [6, 6.07) is 14.1. The lowest BCUT2D eigenvalue weighted by atomic mass is 9.72. The number of likely N-dealkylation sites (N-methyl/N-ethyl adjacent to an activating group) is 1. The number of aliphatic hydroxyl groups is 1. The smallest absolute Gasteiger partial charge is 0.317 e. The summed E-state index contributed by atoms with van der Waals surface area (Å²) in [7, 11) is 3.53. The van der Waals surface area contributed by atoms with Crippen molar-refractivity contribution in [3.05, 3.63) is 59.9 Å². The lowest BCUT2D eigenvalue weighted by Gasteiger charge is -2.43. The van der Waals surface area contributed by atoms with E-state index in [2.05, 4.69) is 10.6 Å². The molecule has 3 rings (SSSR count). The third-order valence-corrected chi connectivity index (χ3v) is 6.98. The molecule has 1 fully saturated rings. The Balaban J connectivity index is 1.93. The van der Waals surface area contributed by atoms with Gasteiger partial charge in [0.25, 0.3) is 0 Å². The summed E-state index contributed by atoms with van der Waals surface area (Å²) in [4.78, 5) is 14.8. The fourth-order valence-electron chi connectivity index (χ4n) is 5.19. The van der Waals surface area contributed by atoms with Crippen molar-refractivity contribution in [2.24, 2.45) is 5.92 Å². The minimum atomic E-state index is -1.21. The molecule has 1 heterocycles. The molecule has 2 aromatic carbocycles. The van der Waals surface area contributed by atoms with Crippen LogP contribution in [0, 0.1) is 11.7 Å². The van der Waals surface area contributed by atoms with Crippen LogP contribution in [0.5, 0.6) is 0 Å². The van der Waals surface area contributed by atoms with Gasteiger partial charge >= 0.3 is 6.03 Å². The van der Waals surface area contributed by atoms with Crippen molar-refractivity contribution in [1.82, 2.24) is 15.5 Å². The zero-order chi connectivity index (χ0) is 25.3. The van der Waals surface area contributed by atoms with Gasteiger partial charge in [0.15, 0.2) is 0 Å². The summed E-state index contributed by atoms with van der Waals surface area (Å²) in [5, 5.41) is 18.5. The van der Waals surface area contributed by atoms with Gasteiger partial charge in [-0.05, 0) is 63.3 Å². The van der Waals surface area contributed by atoms with E-state index in [9.17, 15) is 14.3 Å². The van der Waals surface area contributed by atoms with Crippen LogP contribution in [0.25, 0.3) is 11.1 Å². The van der Waals surface area contributed by atoms with Crippen LogP contribution in [-0.2, 0) is 10.3 Å². The molecule has 0 aliphatic carbocycles. The predicted octanol–water partition coefficient (Wildman–Crippen LogP) is 4.53. The molecule has 1 aliphatic rings. The van der Waals surface area contributed by atoms with Crippen LogP contribution in [0.4, 0.5) is 9.18 Å². The normalized spacial score (nSPS) is 18.7. The Kier molecular flexibility index (Phi) is 10.1. The second-order valence-electron chi connectivity index (χ2n) is 9.59. The van der Waals surface area contributed by atoms with Gasteiger partial charge in [-0.2, -0.15) is 0 Å². The average Bonchev–Trinajstić information content (AvgIpc) is 2.87. The number of carbonyl (C=O) groups is 1. The van der Waals surface area contributed by atoms with E-state index in [4.69, 9.17) is 4.74 Å². The lowest BCUT2D eigenvalue weighted by molar-refractivity contribution is -0.0559. The van der Waals surface area contributed by atoms with Crippen LogP contribution in [0.2, 0.25) is 0 Å². The molecular formula is C28H40FN3O3. The van der Waals surface area contributed by atoms with Gasteiger partial charge in [-0.15, -0.1) is 0 Å². The Morgan fingerprint density at radius 2 is 1.91 bits per heavy atom. The second kappa shape index (κ2) is 13.0. The van der Waals surface area contributed by atoms with Crippen LogP contribution in [-0.4, -0.2) is 62.5 Å². The van der Waals surface area contributed by atoms with Crippen LogP contribution in [0.1, 0.15) is 44.6 Å². The first kappa shape index (κ1) is 27.1. The molecule has 6 nitrogen and oxygen atoms in total. The van der Waals surface area contributed by atoms with E-state index < -0.39 is 5.60 Å². The number of unbranched alkanes of at least 4 members (excludes halogenated alkanes) is 1. The highest BCUT2D eigenvalue weighted by Crippen LogP contribution is 2.44. The van der Waals surface area contributed by atoms with Crippen molar-refractivity contribution in [3.63, 3.8) is 0 Å². The summed E-state index contributed by atoms with van der Waals surface area (Å²) in [6.07, 6.45) is 3.69. The summed E-state index contributed by atoms with van der Waals surface area (Å²) < 4.78 is 20.1.